The van der Waals surface area contributed by atoms with Gasteiger partial charge in [-0.05, 0) is 23.6 Å². The first-order valence-electron chi connectivity index (χ1n) is 6.13. The van der Waals surface area contributed by atoms with Crippen LogP contribution in [0.1, 0.15) is 25.5 Å². The number of benzene rings is 1. The van der Waals surface area contributed by atoms with Crippen molar-refractivity contribution in [2.45, 2.75) is 20.0 Å². The van der Waals surface area contributed by atoms with Gasteiger partial charge >= 0.3 is 0 Å². The van der Waals surface area contributed by atoms with Gasteiger partial charge in [0, 0.05) is 25.3 Å². The fraction of sp³-hybridized carbons (Fsp3) is 0.500. The van der Waals surface area contributed by atoms with Gasteiger partial charge in [0.05, 0.1) is 12.7 Å². The number of anilines is 1. The van der Waals surface area contributed by atoms with Crippen molar-refractivity contribution >= 4 is 5.69 Å². The maximum absolute atomic E-state index is 5.82. The van der Waals surface area contributed by atoms with Crippen molar-refractivity contribution in [1.82, 2.24) is 4.90 Å². The molecule has 0 amide bonds. The summed E-state index contributed by atoms with van der Waals surface area (Å²) in [6.07, 6.45) is 0.184. The molecule has 1 fully saturated rings. The van der Waals surface area contributed by atoms with E-state index in [1.165, 1.54) is 11.5 Å². The molecule has 1 aromatic rings. The molecule has 2 N–H and O–H groups in total. The van der Waals surface area contributed by atoms with Crippen LogP contribution in [0.5, 0.6) is 0 Å². The average Bonchev–Trinajstić information content (AvgIpc) is 2.29. The number of nitrogens with two attached hydrogens (primary N) is 1. The standard InChI is InChI=1S/C14H21N2O/c1-11(2)9-16-7-8-17-14(10-16)12-3-5-13(15)6-4-12/h3-6,14H,7-10,15H2,1-2H3/t14-/m0/s1. The molecule has 0 bridgehead atoms. The fourth-order valence-corrected chi connectivity index (χ4v) is 2.21. The maximum atomic E-state index is 5.82. The number of nitrogens with zero attached hydrogens (tertiary/aromatic N) is 1. The molecule has 93 valence electrons. The molecule has 1 aromatic carbocycles. The van der Waals surface area contributed by atoms with Gasteiger partial charge in [-0.25, -0.2) is 0 Å². The topological polar surface area (TPSA) is 38.5 Å². The molecule has 1 atom stereocenters. The first kappa shape index (κ1) is 12.4. The highest BCUT2D eigenvalue weighted by Crippen LogP contribution is 2.23. The van der Waals surface area contributed by atoms with E-state index in [1.807, 2.05) is 12.1 Å². The maximum Gasteiger partial charge on any atom is 0.0952 e. The quantitative estimate of drug-likeness (QED) is 0.814. The van der Waals surface area contributed by atoms with Crippen LogP contribution >= 0.6 is 0 Å². The highest BCUT2D eigenvalue weighted by molar-refractivity contribution is 5.40. The summed E-state index contributed by atoms with van der Waals surface area (Å²) in [7, 11) is 0. The third-order valence-electron chi connectivity index (χ3n) is 3.00. The number of hydrogen-bond acceptors (Lipinski definition) is 3. The lowest BCUT2D eigenvalue weighted by Crippen LogP contribution is -2.39. The molecule has 3 heteroatoms. The average molecular weight is 233 g/mol. The molecule has 1 aliphatic rings. The zero-order valence-electron chi connectivity index (χ0n) is 10.6. The molecule has 1 radical (unpaired) electrons. The van der Waals surface area contributed by atoms with E-state index in [2.05, 4.69) is 30.9 Å². The Kier molecular flexibility index (Phi) is 4.02. The molecular weight excluding hydrogens is 212 g/mol. The van der Waals surface area contributed by atoms with Gasteiger partial charge in [0.2, 0.25) is 0 Å². The van der Waals surface area contributed by atoms with Crippen LogP contribution in [0.3, 0.4) is 0 Å². The normalized spacial score (nSPS) is 21.9. The number of hydrogen-bond donors (Lipinski definition) is 1. The summed E-state index contributed by atoms with van der Waals surface area (Å²) in [5.74, 6) is 1.45. The first-order chi connectivity index (χ1) is 8.15. The summed E-state index contributed by atoms with van der Waals surface area (Å²) in [6, 6.07) is 8.00. The molecule has 1 aliphatic heterocycles. The van der Waals surface area contributed by atoms with Crippen LogP contribution < -0.4 is 5.73 Å². The lowest BCUT2D eigenvalue weighted by atomic mass is 10.1. The Hall–Kier alpha value is -1.06. The van der Waals surface area contributed by atoms with Crippen LogP contribution in [0.4, 0.5) is 5.69 Å². The molecule has 1 heterocycles. The summed E-state index contributed by atoms with van der Waals surface area (Å²) in [4.78, 5) is 2.44. The second-order valence-electron chi connectivity index (χ2n) is 4.97. The van der Waals surface area contributed by atoms with Gasteiger partial charge in [-0.1, -0.05) is 26.0 Å². The molecular formula is C14H21N2O. The lowest BCUT2D eigenvalue weighted by Gasteiger charge is -2.34. The third kappa shape index (κ3) is 3.45. The van der Waals surface area contributed by atoms with E-state index in [4.69, 9.17) is 10.5 Å². The molecule has 3 nitrogen and oxygen atoms in total. The van der Waals surface area contributed by atoms with Crippen LogP contribution in [-0.2, 0) is 4.74 Å². The summed E-state index contributed by atoms with van der Waals surface area (Å²) in [6.45, 7) is 8.21. The van der Waals surface area contributed by atoms with Crippen LogP contribution in [0.25, 0.3) is 0 Å². The number of rotatable bonds is 3. The number of nitrogen functional groups attached to an aromatic ring is 1. The number of morpholine rings is 1. The second kappa shape index (κ2) is 5.52. The Morgan fingerprint density at radius 3 is 2.71 bits per heavy atom. The van der Waals surface area contributed by atoms with Crippen molar-refractivity contribution < 1.29 is 4.74 Å². The molecule has 2 rings (SSSR count). The molecule has 0 aliphatic carbocycles. The summed E-state index contributed by atoms with van der Waals surface area (Å²) in [5, 5.41) is 0. The van der Waals surface area contributed by atoms with E-state index in [0.29, 0.717) is 0 Å². The van der Waals surface area contributed by atoms with Crippen molar-refractivity contribution in [3.63, 3.8) is 0 Å². The third-order valence-corrected chi connectivity index (χ3v) is 3.00. The van der Waals surface area contributed by atoms with Crippen LogP contribution in [-0.4, -0.2) is 31.1 Å². The monoisotopic (exact) mass is 233 g/mol. The van der Waals surface area contributed by atoms with Gasteiger partial charge in [-0.3, -0.25) is 4.90 Å². The Labute approximate surface area is 104 Å². The van der Waals surface area contributed by atoms with Crippen LogP contribution in [0, 0.1) is 5.92 Å². The van der Waals surface area contributed by atoms with E-state index in [9.17, 15) is 0 Å². The van der Waals surface area contributed by atoms with E-state index < -0.39 is 0 Å². The minimum atomic E-state index is 0.184. The van der Waals surface area contributed by atoms with Gasteiger partial charge < -0.3 is 10.5 Å². The summed E-state index contributed by atoms with van der Waals surface area (Å²) >= 11 is 0. The SMILES string of the molecule is C[C](C)CN1CCO[C@H](c2ccc(N)cc2)C1. The Bertz CT molecular complexity index is 348. The van der Waals surface area contributed by atoms with Crippen molar-refractivity contribution in [2.75, 3.05) is 32.0 Å². The number of ether oxygens (including phenoxy) is 1. The van der Waals surface area contributed by atoms with Gasteiger partial charge in [0.15, 0.2) is 0 Å². The Morgan fingerprint density at radius 2 is 2.06 bits per heavy atom. The molecule has 0 spiro atoms. The van der Waals surface area contributed by atoms with Crippen molar-refractivity contribution in [2.24, 2.45) is 0 Å². The van der Waals surface area contributed by atoms with Crippen LogP contribution in [0.15, 0.2) is 24.3 Å². The Balaban J connectivity index is 1.99. The van der Waals surface area contributed by atoms with E-state index in [0.717, 1.165) is 31.9 Å². The van der Waals surface area contributed by atoms with Crippen molar-refractivity contribution in [3.05, 3.63) is 35.7 Å². The van der Waals surface area contributed by atoms with E-state index in [1.54, 1.807) is 0 Å². The largest absolute Gasteiger partial charge is 0.399 e. The molecule has 0 unspecified atom stereocenters. The van der Waals surface area contributed by atoms with E-state index >= 15 is 0 Å². The minimum Gasteiger partial charge on any atom is -0.399 e. The molecule has 0 aromatic heterocycles. The van der Waals surface area contributed by atoms with Gasteiger partial charge in [0.25, 0.3) is 0 Å². The second-order valence-corrected chi connectivity index (χ2v) is 4.97. The highest BCUT2D eigenvalue weighted by atomic mass is 16.5. The zero-order valence-corrected chi connectivity index (χ0v) is 10.6. The minimum absolute atomic E-state index is 0.184. The smallest absolute Gasteiger partial charge is 0.0952 e. The van der Waals surface area contributed by atoms with Crippen molar-refractivity contribution in [3.8, 4) is 0 Å². The van der Waals surface area contributed by atoms with Crippen LogP contribution in [0.2, 0.25) is 0 Å². The molecule has 0 saturated carbocycles. The lowest BCUT2D eigenvalue weighted by molar-refractivity contribution is -0.0283. The Morgan fingerprint density at radius 1 is 1.35 bits per heavy atom. The van der Waals surface area contributed by atoms with E-state index in [-0.39, 0.29) is 6.10 Å². The van der Waals surface area contributed by atoms with Crippen molar-refractivity contribution in [1.29, 1.82) is 0 Å². The summed E-state index contributed by atoms with van der Waals surface area (Å²) < 4.78 is 5.82. The fourth-order valence-electron chi connectivity index (χ4n) is 2.21. The van der Waals surface area contributed by atoms with Gasteiger partial charge in [0.1, 0.15) is 0 Å². The highest BCUT2D eigenvalue weighted by Gasteiger charge is 2.22. The van der Waals surface area contributed by atoms with Gasteiger partial charge in [-0.2, -0.15) is 0 Å². The molecule has 17 heavy (non-hydrogen) atoms. The predicted molar refractivity (Wildman–Crippen MR) is 70.6 cm³/mol. The predicted octanol–water partition coefficient (Wildman–Crippen LogP) is 2.26. The van der Waals surface area contributed by atoms with Gasteiger partial charge in [-0.15, -0.1) is 0 Å². The first-order valence-corrected chi connectivity index (χ1v) is 6.13. The summed E-state index contributed by atoms with van der Waals surface area (Å²) in [5.41, 5.74) is 7.72. The zero-order chi connectivity index (χ0) is 12.3. The molecule has 1 saturated heterocycles.